The van der Waals surface area contributed by atoms with E-state index in [1.54, 1.807) is 13.0 Å². The summed E-state index contributed by atoms with van der Waals surface area (Å²) >= 11 is 0. The zero-order valence-electron chi connectivity index (χ0n) is 14.6. The largest absolute Gasteiger partial charge is 0.488 e. The first-order valence-electron chi connectivity index (χ1n) is 8.18. The lowest BCUT2D eigenvalue weighted by Gasteiger charge is -2.10. The van der Waals surface area contributed by atoms with E-state index in [0.717, 1.165) is 5.56 Å². The highest BCUT2D eigenvalue weighted by atomic mass is 16.5. The van der Waals surface area contributed by atoms with Crippen LogP contribution in [0.25, 0.3) is 6.08 Å². The average molecular weight is 349 g/mol. The fourth-order valence-corrected chi connectivity index (χ4v) is 2.74. The Hall–Kier alpha value is -3.34. The summed E-state index contributed by atoms with van der Waals surface area (Å²) in [4.78, 5) is 24.3. The van der Waals surface area contributed by atoms with Crippen molar-refractivity contribution >= 4 is 18.0 Å². The summed E-state index contributed by atoms with van der Waals surface area (Å²) in [6.07, 6.45) is 1.65. The maximum Gasteiger partial charge on any atom is 0.340 e. The fourth-order valence-electron chi connectivity index (χ4n) is 2.74. The SMILES string of the molecule is COC(=O)C1=C(C)NC(=O)/C1=C\c1ccccc1OCc1ccccc1. The quantitative estimate of drug-likeness (QED) is 0.665. The lowest BCUT2D eigenvalue weighted by atomic mass is 10.0. The van der Waals surface area contributed by atoms with Crippen LogP contribution >= 0.6 is 0 Å². The van der Waals surface area contributed by atoms with Crippen LogP contribution in [0.3, 0.4) is 0 Å². The van der Waals surface area contributed by atoms with Gasteiger partial charge < -0.3 is 14.8 Å². The maximum absolute atomic E-state index is 12.2. The van der Waals surface area contributed by atoms with E-state index >= 15 is 0 Å². The molecule has 0 spiro atoms. The Balaban J connectivity index is 1.91. The van der Waals surface area contributed by atoms with Crippen molar-refractivity contribution in [1.82, 2.24) is 5.32 Å². The molecular formula is C21H19NO4. The van der Waals surface area contributed by atoms with Crippen molar-refractivity contribution in [1.29, 1.82) is 0 Å². The number of benzene rings is 2. The van der Waals surface area contributed by atoms with Crippen molar-refractivity contribution in [2.24, 2.45) is 0 Å². The molecule has 2 aromatic rings. The number of nitrogens with one attached hydrogen (secondary N) is 1. The van der Waals surface area contributed by atoms with Crippen molar-refractivity contribution in [3.8, 4) is 5.75 Å². The molecule has 5 heteroatoms. The molecule has 132 valence electrons. The number of para-hydroxylation sites is 1. The summed E-state index contributed by atoms with van der Waals surface area (Å²) < 4.78 is 10.7. The minimum Gasteiger partial charge on any atom is -0.488 e. The standard InChI is InChI=1S/C21H19NO4/c1-14-19(21(24)25-2)17(20(23)22-14)12-16-10-6-7-11-18(16)26-13-15-8-4-3-5-9-15/h3-12H,13H2,1-2H3,(H,22,23)/b17-12-. The maximum atomic E-state index is 12.2. The van der Waals surface area contributed by atoms with E-state index in [9.17, 15) is 9.59 Å². The molecule has 0 unspecified atom stereocenters. The molecule has 3 rings (SSSR count). The van der Waals surface area contributed by atoms with Crippen LogP contribution in [-0.4, -0.2) is 19.0 Å². The van der Waals surface area contributed by atoms with Gasteiger partial charge >= 0.3 is 5.97 Å². The highest BCUT2D eigenvalue weighted by Gasteiger charge is 2.30. The molecule has 1 aliphatic rings. The van der Waals surface area contributed by atoms with Gasteiger partial charge in [-0.2, -0.15) is 0 Å². The molecule has 0 radical (unpaired) electrons. The van der Waals surface area contributed by atoms with Gasteiger partial charge in [0.1, 0.15) is 12.4 Å². The lowest BCUT2D eigenvalue weighted by Crippen LogP contribution is -2.15. The van der Waals surface area contributed by atoms with E-state index in [1.165, 1.54) is 7.11 Å². The number of carbonyl (C=O) groups excluding carboxylic acids is 2. The van der Waals surface area contributed by atoms with Crippen molar-refractivity contribution < 1.29 is 19.1 Å². The third-order valence-electron chi connectivity index (χ3n) is 4.04. The molecule has 0 bridgehead atoms. The lowest BCUT2D eigenvalue weighted by molar-refractivity contribution is -0.136. The topological polar surface area (TPSA) is 64.6 Å². The van der Waals surface area contributed by atoms with Gasteiger partial charge in [0.05, 0.1) is 18.3 Å². The molecule has 5 nitrogen and oxygen atoms in total. The monoisotopic (exact) mass is 349 g/mol. The summed E-state index contributed by atoms with van der Waals surface area (Å²) in [5.74, 6) is -0.249. The van der Waals surface area contributed by atoms with Crippen LogP contribution in [0.4, 0.5) is 0 Å². The van der Waals surface area contributed by atoms with Gasteiger partial charge in [0.2, 0.25) is 0 Å². The smallest absolute Gasteiger partial charge is 0.340 e. The van der Waals surface area contributed by atoms with E-state index < -0.39 is 5.97 Å². The first kappa shape index (κ1) is 17.5. The molecule has 0 saturated carbocycles. The molecule has 1 N–H and O–H groups in total. The summed E-state index contributed by atoms with van der Waals surface area (Å²) in [6, 6.07) is 17.2. The fraction of sp³-hybridized carbons (Fsp3) is 0.143. The zero-order valence-corrected chi connectivity index (χ0v) is 14.6. The van der Waals surface area contributed by atoms with Crippen LogP contribution in [0.2, 0.25) is 0 Å². The normalized spacial score (nSPS) is 15.2. The van der Waals surface area contributed by atoms with E-state index in [2.05, 4.69) is 5.32 Å². The number of ether oxygens (including phenoxy) is 2. The Kier molecular flexibility index (Phi) is 5.17. The second-order valence-corrected chi connectivity index (χ2v) is 5.82. The Bertz CT molecular complexity index is 897. The van der Waals surface area contributed by atoms with Crippen LogP contribution in [0.5, 0.6) is 5.75 Å². The molecule has 0 fully saturated rings. The number of allylic oxidation sites excluding steroid dienone is 1. The third-order valence-corrected chi connectivity index (χ3v) is 4.04. The van der Waals surface area contributed by atoms with Gasteiger partial charge in [-0.1, -0.05) is 48.5 Å². The second-order valence-electron chi connectivity index (χ2n) is 5.82. The van der Waals surface area contributed by atoms with E-state index in [-0.39, 0.29) is 17.1 Å². The number of rotatable bonds is 5. The highest BCUT2D eigenvalue weighted by Crippen LogP contribution is 2.28. The number of esters is 1. The number of methoxy groups -OCH3 is 1. The Morgan fingerprint density at radius 2 is 1.77 bits per heavy atom. The zero-order chi connectivity index (χ0) is 18.5. The molecule has 0 saturated heterocycles. The number of carbonyl (C=O) groups is 2. The molecule has 0 aliphatic carbocycles. The van der Waals surface area contributed by atoms with Gasteiger partial charge in [0.25, 0.3) is 5.91 Å². The number of hydrogen-bond acceptors (Lipinski definition) is 4. The van der Waals surface area contributed by atoms with Crippen LogP contribution in [0.15, 0.2) is 71.4 Å². The number of hydrogen-bond donors (Lipinski definition) is 1. The molecule has 0 aromatic heterocycles. The predicted octanol–water partition coefficient (Wildman–Crippen LogP) is 3.23. The minimum absolute atomic E-state index is 0.246. The van der Waals surface area contributed by atoms with Crippen LogP contribution in [-0.2, 0) is 20.9 Å². The summed E-state index contributed by atoms with van der Waals surface area (Å²) in [7, 11) is 1.29. The van der Waals surface area contributed by atoms with Gasteiger partial charge in [-0.25, -0.2) is 4.79 Å². The van der Waals surface area contributed by atoms with Gasteiger partial charge in [-0.3, -0.25) is 4.79 Å². The Labute approximate surface area is 151 Å². The van der Waals surface area contributed by atoms with Gasteiger partial charge in [0, 0.05) is 11.3 Å². The molecule has 2 aromatic carbocycles. The van der Waals surface area contributed by atoms with Crippen LogP contribution in [0.1, 0.15) is 18.1 Å². The minimum atomic E-state index is -0.546. The summed E-state index contributed by atoms with van der Waals surface area (Å²) in [5.41, 5.74) is 2.75. The van der Waals surface area contributed by atoms with Gasteiger partial charge in [-0.15, -0.1) is 0 Å². The predicted molar refractivity (Wildman–Crippen MR) is 98.1 cm³/mol. The van der Waals surface area contributed by atoms with Crippen molar-refractivity contribution in [2.45, 2.75) is 13.5 Å². The molecule has 0 atom stereocenters. The first-order valence-corrected chi connectivity index (χ1v) is 8.18. The Morgan fingerprint density at radius 3 is 2.50 bits per heavy atom. The van der Waals surface area contributed by atoms with E-state index in [0.29, 0.717) is 23.6 Å². The molecule has 26 heavy (non-hydrogen) atoms. The van der Waals surface area contributed by atoms with Crippen LogP contribution in [0, 0.1) is 0 Å². The van der Waals surface area contributed by atoms with Crippen molar-refractivity contribution in [3.05, 3.63) is 82.6 Å². The van der Waals surface area contributed by atoms with Crippen LogP contribution < -0.4 is 10.1 Å². The second kappa shape index (κ2) is 7.70. The van der Waals surface area contributed by atoms with Crippen molar-refractivity contribution in [2.75, 3.05) is 7.11 Å². The Morgan fingerprint density at radius 1 is 1.08 bits per heavy atom. The molecular weight excluding hydrogens is 330 g/mol. The third kappa shape index (κ3) is 3.67. The summed E-state index contributed by atoms with van der Waals surface area (Å²) in [5, 5.41) is 2.66. The number of amides is 1. The highest BCUT2D eigenvalue weighted by molar-refractivity contribution is 6.16. The molecule has 1 aliphatic heterocycles. The van der Waals surface area contributed by atoms with Gasteiger partial charge in [-0.05, 0) is 24.6 Å². The van der Waals surface area contributed by atoms with Gasteiger partial charge in [0.15, 0.2) is 0 Å². The van der Waals surface area contributed by atoms with E-state index in [1.807, 2.05) is 54.6 Å². The van der Waals surface area contributed by atoms with Crippen molar-refractivity contribution in [3.63, 3.8) is 0 Å². The molecule has 1 amide bonds. The molecule has 1 heterocycles. The summed E-state index contributed by atoms with van der Waals surface area (Å²) in [6.45, 7) is 2.08. The van der Waals surface area contributed by atoms with E-state index in [4.69, 9.17) is 9.47 Å². The average Bonchev–Trinajstić information content (AvgIpc) is 2.94. The first-order chi connectivity index (χ1) is 12.6.